The van der Waals surface area contributed by atoms with Gasteiger partial charge in [-0.2, -0.15) is 0 Å². The summed E-state index contributed by atoms with van der Waals surface area (Å²) in [4.78, 5) is 27.3. The van der Waals surface area contributed by atoms with E-state index in [2.05, 4.69) is 16.2 Å². The van der Waals surface area contributed by atoms with Crippen molar-refractivity contribution in [2.45, 2.75) is 6.92 Å². The number of thiazole rings is 1. The summed E-state index contributed by atoms with van der Waals surface area (Å²) < 4.78 is 0. The molecule has 90 valence electrons. The third-order valence-corrected chi connectivity index (χ3v) is 2.60. The van der Waals surface area contributed by atoms with E-state index in [-0.39, 0.29) is 6.54 Å². The van der Waals surface area contributed by atoms with Crippen molar-refractivity contribution in [3.05, 3.63) is 11.1 Å². The van der Waals surface area contributed by atoms with E-state index in [1.807, 2.05) is 0 Å². The van der Waals surface area contributed by atoms with E-state index in [0.29, 0.717) is 5.13 Å². The molecular weight excluding hydrogens is 242 g/mol. The van der Waals surface area contributed by atoms with E-state index < -0.39 is 18.5 Å². The highest BCUT2D eigenvalue weighted by atomic mass is 32.1. The molecule has 0 saturated heterocycles. The summed E-state index contributed by atoms with van der Waals surface area (Å²) in [5.41, 5.74) is 0.784. The van der Waals surface area contributed by atoms with Crippen LogP contribution in [0.3, 0.4) is 0 Å². The summed E-state index contributed by atoms with van der Waals surface area (Å²) in [6.45, 7) is 1.28. The Morgan fingerprint density at radius 1 is 1.71 bits per heavy atom. The third kappa shape index (κ3) is 4.12. The lowest BCUT2D eigenvalue weighted by Gasteiger charge is -2.17. The molecule has 1 aromatic rings. The standard InChI is InChI=1S/C10H11N3O3S/c1-3-4-13(5-8(14)15)10(16)12-9-11-7(2)6-17-9/h1,6H,4-5H2,2H3,(H,14,15)(H,11,12,16). The third-order valence-electron chi connectivity index (χ3n) is 1.73. The van der Waals surface area contributed by atoms with Crippen LogP contribution in [0.15, 0.2) is 5.38 Å². The number of anilines is 1. The van der Waals surface area contributed by atoms with Crippen LogP contribution in [0.4, 0.5) is 9.93 Å². The molecule has 0 bridgehead atoms. The SMILES string of the molecule is C#CCN(CC(=O)O)C(=O)Nc1nc(C)cs1. The van der Waals surface area contributed by atoms with Gasteiger partial charge in [0, 0.05) is 5.38 Å². The van der Waals surface area contributed by atoms with Gasteiger partial charge >= 0.3 is 12.0 Å². The van der Waals surface area contributed by atoms with Crippen LogP contribution in [0.25, 0.3) is 0 Å². The zero-order valence-corrected chi connectivity index (χ0v) is 9.95. The van der Waals surface area contributed by atoms with Gasteiger partial charge in [0.05, 0.1) is 12.2 Å². The number of amides is 2. The molecule has 0 aromatic carbocycles. The Kier molecular flexibility index (Phi) is 4.48. The van der Waals surface area contributed by atoms with Crippen LogP contribution in [-0.4, -0.2) is 40.1 Å². The van der Waals surface area contributed by atoms with Crippen LogP contribution in [-0.2, 0) is 4.79 Å². The van der Waals surface area contributed by atoms with Crippen molar-refractivity contribution in [3.63, 3.8) is 0 Å². The maximum atomic E-state index is 11.7. The normalized spacial score (nSPS) is 9.41. The van der Waals surface area contributed by atoms with Crippen molar-refractivity contribution in [3.8, 4) is 12.3 Å². The summed E-state index contributed by atoms with van der Waals surface area (Å²) >= 11 is 1.26. The molecule has 0 aliphatic carbocycles. The molecule has 6 nitrogen and oxygen atoms in total. The number of nitrogens with zero attached hydrogens (tertiary/aromatic N) is 2. The lowest BCUT2D eigenvalue weighted by molar-refractivity contribution is -0.137. The molecule has 2 N–H and O–H groups in total. The number of carboxylic acids is 1. The van der Waals surface area contributed by atoms with Gasteiger partial charge in [-0.1, -0.05) is 5.92 Å². The van der Waals surface area contributed by atoms with Crippen LogP contribution < -0.4 is 5.32 Å². The smallest absolute Gasteiger partial charge is 0.324 e. The summed E-state index contributed by atoms with van der Waals surface area (Å²) in [7, 11) is 0. The van der Waals surface area contributed by atoms with Crippen molar-refractivity contribution in [1.82, 2.24) is 9.88 Å². The number of carbonyl (C=O) groups excluding carboxylic acids is 1. The Bertz CT molecular complexity index is 464. The van der Waals surface area contributed by atoms with Gasteiger partial charge in [-0.3, -0.25) is 10.1 Å². The van der Waals surface area contributed by atoms with Crippen LogP contribution in [0.2, 0.25) is 0 Å². The van der Waals surface area contributed by atoms with Gasteiger partial charge in [-0.15, -0.1) is 17.8 Å². The fourth-order valence-corrected chi connectivity index (χ4v) is 1.73. The molecule has 17 heavy (non-hydrogen) atoms. The number of carbonyl (C=O) groups is 2. The Balaban J connectivity index is 2.65. The number of hydrogen-bond acceptors (Lipinski definition) is 4. The molecule has 1 rings (SSSR count). The zero-order valence-electron chi connectivity index (χ0n) is 9.14. The quantitative estimate of drug-likeness (QED) is 0.784. The first-order chi connectivity index (χ1) is 8.02. The van der Waals surface area contributed by atoms with Crippen molar-refractivity contribution in [2.75, 3.05) is 18.4 Å². The molecular formula is C10H11N3O3S. The maximum absolute atomic E-state index is 11.7. The highest BCUT2D eigenvalue weighted by Gasteiger charge is 2.16. The minimum absolute atomic E-state index is 0.0670. The van der Waals surface area contributed by atoms with E-state index in [0.717, 1.165) is 10.6 Å². The monoisotopic (exact) mass is 253 g/mol. The van der Waals surface area contributed by atoms with E-state index >= 15 is 0 Å². The predicted molar refractivity (Wildman–Crippen MR) is 63.9 cm³/mol. The van der Waals surface area contributed by atoms with Crippen molar-refractivity contribution in [1.29, 1.82) is 0 Å². The Hall–Kier alpha value is -2.07. The first-order valence-corrected chi connectivity index (χ1v) is 5.54. The highest BCUT2D eigenvalue weighted by molar-refractivity contribution is 7.13. The van der Waals surface area contributed by atoms with Gasteiger partial charge in [-0.25, -0.2) is 9.78 Å². The highest BCUT2D eigenvalue weighted by Crippen LogP contribution is 2.14. The number of nitrogens with one attached hydrogen (secondary N) is 1. The second kappa shape index (κ2) is 5.86. The van der Waals surface area contributed by atoms with Gasteiger partial charge in [0.1, 0.15) is 6.54 Å². The molecule has 0 saturated carbocycles. The fourth-order valence-electron chi connectivity index (χ4n) is 1.05. The van der Waals surface area contributed by atoms with Gasteiger partial charge < -0.3 is 10.0 Å². The summed E-state index contributed by atoms with van der Waals surface area (Å²) in [5, 5.41) is 13.3. The number of hydrogen-bond donors (Lipinski definition) is 2. The number of rotatable bonds is 4. The lowest BCUT2D eigenvalue weighted by atomic mass is 10.5. The number of aryl methyl sites for hydroxylation is 1. The summed E-state index contributed by atoms with van der Waals surface area (Å²) in [6.07, 6.45) is 5.06. The summed E-state index contributed by atoms with van der Waals surface area (Å²) in [6, 6.07) is -0.570. The number of urea groups is 1. The maximum Gasteiger partial charge on any atom is 0.324 e. The molecule has 0 unspecified atom stereocenters. The minimum Gasteiger partial charge on any atom is -0.480 e. The average molecular weight is 253 g/mol. The first-order valence-electron chi connectivity index (χ1n) is 4.66. The minimum atomic E-state index is -1.12. The summed E-state index contributed by atoms with van der Waals surface area (Å²) in [5.74, 6) is 1.11. The second-order valence-corrected chi connectivity index (χ2v) is 4.04. The molecule has 1 aromatic heterocycles. The molecule has 0 aliphatic heterocycles. The molecule has 2 amide bonds. The van der Waals surface area contributed by atoms with Gasteiger partial charge in [-0.05, 0) is 6.92 Å². The zero-order chi connectivity index (χ0) is 12.8. The molecule has 1 heterocycles. The Morgan fingerprint density at radius 3 is 2.88 bits per heavy atom. The van der Waals surface area contributed by atoms with Crippen LogP contribution >= 0.6 is 11.3 Å². The van der Waals surface area contributed by atoms with Gasteiger partial charge in [0.2, 0.25) is 0 Å². The molecule has 7 heteroatoms. The predicted octanol–water partition coefficient (Wildman–Crippen LogP) is 1.00. The van der Waals surface area contributed by atoms with Gasteiger partial charge in [0.25, 0.3) is 0 Å². The largest absolute Gasteiger partial charge is 0.480 e. The molecule has 0 radical (unpaired) electrons. The van der Waals surface area contributed by atoms with E-state index in [1.165, 1.54) is 11.3 Å². The van der Waals surface area contributed by atoms with Crippen LogP contribution in [0.5, 0.6) is 0 Å². The van der Waals surface area contributed by atoms with Crippen molar-refractivity contribution >= 4 is 28.5 Å². The second-order valence-electron chi connectivity index (χ2n) is 3.18. The van der Waals surface area contributed by atoms with E-state index in [9.17, 15) is 9.59 Å². The Morgan fingerprint density at radius 2 is 2.41 bits per heavy atom. The molecule has 0 spiro atoms. The first kappa shape index (κ1) is 13.0. The number of terminal acetylenes is 1. The van der Waals surface area contributed by atoms with Crippen molar-refractivity contribution in [2.24, 2.45) is 0 Å². The van der Waals surface area contributed by atoms with E-state index in [4.69, 9.17) is 11.5 Å². The number of aromatic nitrogens is 1. The van der Waals surface area contributed by atoms with Crippen LogP contribution in [0, 0.1) is 19.3 Å². The molecule has 0 atom stereocenters. The van der Waals surface area contributed by atoms with Crippen LogP contribution in [0.1, 0.15) is 5.69 Å². The van der Waals surface area contributed by atoms with Crippen molar-refractivity contribution < 1.29 is 14.7 Å². The van der Waals surface area contributed by atoms with E-state index in [1.54, 1.807) is 12.3 Å². The Labute approximate surface area is 102 Å². The molecule has 0 fully saturated rings. The lowest BCUT2D eigenvalue weighted by Crippen LogP contribution is -2.39. The molecule has 0 aliphatic rings. The average Bonchev–Trinajstić information content (AvgIpc) is 2.62. The fraction of sp³-hybridized carbons (Fsp3) is 0.300. The van der Waals surface area contributed by atoms with Gasteiger partial charge in [0.15, 0.2) is 5.13 Å². The number of carboxylic acid groups (broad SMARTS) is 1. The topological polar surface area (TPSA) is 82.5 Å². The number of aliphatic carboxylic acids is 1.